The van der Waals surface area contributed by atoms with Gasteiger partial charge in [0.1, 0.15) is 5.82 Å². The standard InChI is InChI=1S/C31H39N5O2S/c1-3-24(4-2)36-28-13-12-22(19-27(28)34-29(36)20-26-11-8-18-39-26)31(38)32-21-30(37)33-23-14-16-35(17-15-23)25-9-6-5-7-10-25/h6,8-13,18-19,23-24H,3-5,7,14-17,20-21H2,1-2H3,(H,32,38)(H,33,37). The zero-order valence-electron chi connectivity index (χ0n) is 23.0. The van der Waals surface area contributed by atoms with Gasteiger partial charge < -0.3 is 20.1 Å². The fraction of sp³-hybridized carbons (Fsp3) is 0.452. The average molecular weight is 546 g/mol. The van der Waals surface area contributed by atoms with Gasteiger partial charge in [0.05, 0.1) is 17.6 Å². The maximum absolute atomic E-state index is 13.0. The van der Waals surface area contributed by atoms with Crippen molar-refractivity contribution in [3.63, 3.8) is 0 Å². The predicted molar refractivity (Wildman–Crippen MR) is 158 cm³/mol. The summed E-state index contributed by atoms with van der Waals surface area (Å²) in [5, 5.41) is 8.00. The van der Waals surface area contributed by atoms with Crippen molar-refractivity contribution in [1.29, 1.82) is 0 Å². The number of carbonyl (C=O) groups is 2. The number of nitrogens with one attached hydrogen (secondary N) is 2. The van der Waals surface area contributed by atoms with E-state index in [0.717, 1.165) is 74.9 Å². The van der Waals surface area contributed by atoms with Gasteiger partial charge in [0, 0.05) is 47.7 Å². The van der Waals surface area contributed by atoms with Crippen LogP contribution in [0.4, 0.5) is 0 Å². The number of amides is 2. The van der Waals surface area contributed by atoms with E-state index in [2.05, 4.69) is 69.7 Å². The number of carbonyl (C=O) groups excluding carboxylic acids is 2. The maximum atomic E-state index is 13.0. The van der Waals surface area contributed by atoms with Crippen LogP contribution in [-0.4, -0.2) is 51.9 Å². The molecule has 39 heavy (non-hydrogen) atoms. The topological polar surface area (TPSA) is 79.3 Å². The lowest BCUT2D eigenvalue weighted by Gasteiger charge is -2.35. The minimum absolute atomic E-state index is 0.0310. The molecule has 2 aliphatic rings. The molecule has 1 aliphatic heterocycles. The second-order valence-corrected chi connectivity index (χ2v) is 11.5. The van der Waals surface area contributed by atoms with Crippen molar-refractivity contribution in [1.82, 2.24) is 25.1 Å². The number of hydrogen-bond acceptors (Lipinski definition) is 5. The monoisotopic (exact) mass is 545 g/mol. The molecule has 0 unspecified atom stereocenters. The number of rotatable bonds is 10. The van der Waals surface area contributed by atoms with Crippen LogP contribution in [0.3, 0.4) is 0 Å². The van der Waals surface area contributed by atoms with Crippen molar-refractivity contribution < 1.29 is 9.59 Å². The summed E-state index contributed by atoms with van der Waals surface area (Å²) in [7, 11) is 0. The van der Waals surface area contributed by atoms with Gasteiger partial charge >= 0.3 is 0 Å². The largest absolute Gasteiger partial charge is 0.372 e. The maximum Gasteiger partial charge on any atom is 0.251 e. The van der Waals surface area contributed by atoms with Crippen LogP contribution in [0.15, 0.2) is 59.6 Å². The Morgan fingerprint density at radius 1 is 1.13 bits per heavy atom. The van der Waals surface area contributed by atoms with Crippen molar-refractivity contribution in [2.24, 2.45) is 0 Å². The molecule has 2 aromatic heterocycles. The van der Waals surface area contributed by atoms with Crippen LogP contribution in [-0.2, 0) is 11.2 Å². The van der Waals surface area contributed by atoms with Crippen molar-refractivity contribution >= 4 is 34.2 Å². The minimum Gasteiger partial charge on any atom is -0.372 e. The van der Waals surface area contributed by atoms with Gasteiger partial charge in [-0.3, -0.25) is 9.59 Å². The molecule has 3 heterocycles. The lowest BCUT2D eigenvalue weighted by molar-refractivity contribution is -0.121. The number of thiophene rings is 1. The second-order valence-electron chi connectivity index (χ2n) is 10.4. The molecule has 1 saturated heterocycles. The van der Waals surface area contributed by atoms with Gasteiger partial charge in [0.25, 0.3) is 5.91 Å². The van der Waals surface area contributed by atoms with Crippen molar-refractivity contribution in [3.8, 4) is 0 Å². The second kappa shape index (κ2) is 12.6. The highest BCUT2D eigenvalue weighted by Crippen LogP contribution is 2.28. The Hall–Kier alpha value is -3.39. The molecule has 2 amide bonds. The van der Waals surface area contributed by atoms with Crippen molar-refractivity contribution in [3.05, 3.63) is 75.9 Å². The highest BCUT2D eigenvalue weighted by Gasteiger charge is 2.22. The Kier molecular flexibility index (Phi) is 8.81. The van der Waals surface area contributed by atoms with E-state index in [9.17, 15) is 9.59 Å². The molecule has 0 bridgehead atoms. The van der Waals surface area contributed by atoms with E-state index < -0.39 is 0 Å². The van der Waals surface area contributed by atoms with Gasteiger partial charge in [0.15, 0.2) is 0 Å². The van der Waals surface area contributed by atoms with Crippen molar-refractivity contribution in [2.75, 3.05) is 19.6 Å². The normalized spacial score (nSPS) is 16.1. The Balaban J connectivity index is 1.19. The van der Waals surface area contributed by atoms with Crippen LogP contribution < -0.4 is 10.6 Å². The summed E-state index contributed by atoms with van der Waals surface area (Å²) >= 11 is 1.74. The van der Waals surface area contributed by atoms with Crippen LogP contribution in [0.5, 0.6) is 0 Å². The third-order valence-corrected chi connectivity index (χ3v) is 8.73. The van der Waals surface area contributed by atoms with E-state index in [-0.39, 0.29) is 24.4 Å². The fourth-order valence-electron chi connectivity index (χ4n) is 5.70. The molecule has 1 fully saturated rings. The number of piperidine rings is 1. The number of aromatic nitrogens is 2. The van der Waals surface area contributed by atoms with Crippen LogP contribution in [0.1, 0.15) is 79.5 Å². The van der Waals surface area contributed by atoms with E-state index >= 15 is 0 Å². The van der Waals surface area contributed by atoms with E-state index in [1.807, 2.05) is 18.2 Å². The molecule has 0 saturated carbocycles. The molecule has 0 radical (unpaired) electrons. The molecule has 8 heteroatoms. The molecule has 7 nitrogen and oxygen atoms in total. The summed E-state index contributed by atoms with van der Waals surface area (Å²) in [6.45, 7) is 6.25. The molecule has 1 aromatic carbocycles. The van der Waals surface area contributed by atoms with Gasteiger partial charge in [-0.1, -0.05) is 32.1 Å². The number of allylic oxidation sites excluding steroid dienone is 3. The fourth-order valence-corrected chi connectivity index (χ4v) is 6.40. The highest BCUT2D eigenvalue weighted by atomic mass is 32.1. The first-order valence-electron chi connectivity index (χ1n) is 14.3. The smallest absolute Gasteiger partial charge is 0.251 e. The summed E-state index contributed by atoms with van der Waals surface area (Å²) in [6, 6.07) is 10.4. The van der Waals surface area contributed by atoms with E-state index in [4.69, 9.17) is 4.98 Å². The Labute approximate surface area is 235 Å². The first-order valence-corrected chi connectivity index (χ1v) is 15.2. The zero-order valence-corrected chi connectivity index (χ0v) is 23.8. The Morgan fingerprint density at radius 3 is 2.64 bits per heavy atom. The average Bonchev–Trinajstić information content (AvgIpc) is 3.61. The molecule has 206 valence electrons. The quantitative estimate of drug-likeness (QED) is 0.348. The summed E-state index contributed by atoms with van der Waals surface area (Å²) in [4.78, 5) is 34.2. The number of likely N-dealkylation sites (tertiary alicyclic amines) is 1. The number of imidazole rings is 1. The molecule has 0 spiro atoms. The van der Waals surface area contributed by atoms with E-state index in [1.54, 1.807) is 11.3 Å². The molecule has 2 N–H and O–H groups in total. The summed E-state index contributed by atoms with van der Waals surface area (Å²) in [5.41, 5.74) is 3.70. The van der Waals surface area contributed by atoms with Gasteiger partial charge in [-0.2, -0.15) is 0 Å². The van der Waals surface area contributed by atoms with Crippen LogP contribution >= 0.6 is 11.3 Å². The summed E-state index contributed by atoms with van der Waals surface area (Å²) in [6.07, 6.45) is 13.6. The minimum atomic E-state index is -0.255. The lowest BCUT2D eigenvalue weighted by atomic mass is 10.0. The van der Waals surface area contributed by atoms with Crippen LogP contribution in [0.2, 0.25) is 0 Å². The molecule has 1 aliphatic carbocycles. The predicted octanol–water partition coefficient (Wildman–Crippen LogP) is 5.59. The number of hydrogen-bond donors (Lipinski definition) is 2. The molecule has 3 aromatic rings. The van der Waals surface area contributed by atoms with Gasteiger partial charge in [0.2, 0.25) is 5.91 Å². The molecule has 5 rings (SSSR count). The van der Waals surface area contributed by atoms with Crippen LogP contribution in [0, 0.1) is 0 Å². The van der Waals surface area contributed by atoms with Crippen molar-refractivity contribution in [2.45, 2.75) is 70.9 Å². The summed E-state index contributed by atoms with van der Waals surface area (Å²) in [5.74, 6) is 0.630. The highest BCUT2D eigenvalue weighted by molar-refractivity contribution is 7.09. The number of nitrogens with zero attached hydrogens (tertiary/aromatic N) is 3. The molecule has 0 atom stereocenters. The third-order valence-electron chi connectivity index (χ3n) is 7.85. The van der Waals surface area contributed by atoms with E-state index in [1.165, 1.54) is 10.6 Å². The zero-order chi connectivity index (χ0) is 27.2. The number of fused-ring (bicyclic) bond motifs is 1. The third kappa shape index (κ3) is 6.44. The summed E-state index contributed by atoms with van der Waals surface area (Å²) < 4.78 is 2.34. The first kappa shape index (κ1) is 27.2. The molecular formula is C31H39N5O2S. The number of benzene rings is 1. The van der Waals surface area contributed by atoms with Gasteiger partial charge in [-0.15, -0.1) is 11.3 Å². The SMILES string of the molecule is CCC(CC)n1c(Cc2cccs2)nc2cc(C(=O)NCC(=O)NC3CCN(C4=CCCC=C4)CC3)ccc21. The lowest BCUT2D eigenvalue weighted by Crippen LogP contribution is -2.47. The first-order chi connectivity index (χ1) is 19.1. The molecular weight excluding hydrogens is 506 g/mol. The van der Waals surface area contributed by atoms with Gasteiger partial charge in [-0.05, 0) is 74.2 Å². The van der Waals surface area contributed by atoms with Crippen LogP contribution in [0.25, 0.3) is 11.0 Å². The van der Waals surface area contributed by atoms with Gasteiger partial charge in [-0.25, -0.2) is 4.98 Å². The Bertz CT molecular complexity index is 1340. The van der Waals surface area contributed by atoms with E-state index in [0.29, 0.717) is 11.6 Å². The Morgan fingerprint density at radius 2 is 1.95 bits per heavy atom.